The number of hydrogen-bond donors (Lipinski definition) is 0. The Morgan fingerprint density at radius 3 is 1.70 bits per heavy atom. The molecule has 0 saturated carbocycles. The molecule has 1 nitrogen and oxygen atoms in total. The number of hydrogen-bond acceptors (Lipinski definition) is 1. The van der Waals surface area contributed by atoms with Gasteiger partial charge in [0.1, 0.15) is 0 Å². The molecule has 4 aromatic carbocycles. The van der Waals surface area contributed by atoms with Gasteiger partial charge in [-0.25, -0.2) is 0 Å². The summed E-state index contributed by atoms with van der Waals surface area (Å²) in [5.74, 6) is 0. The van der Waals surface area contributed by atoms with Crippen LogP contribution in [-0.2, 0) is 6.54 Å². The number of nitrogens with zero attached hydrogens (tertiary/aromatic N) is 1. The molecule has 0 aliphatic heterocycles. The van der Waals surface area contributed by atoms with Gasteiger partial charge in [0.2, 0.25) is 0 Å². The van der Waals surface area contributed by atoms with Crippen LogP contribution in [-0.4, -0.2) is 18.0 Å². The Bertz CT molecular complexity index is 1050. The van der Waals surface area contributed by atoms with Crippen molar-refractivity contribution in [3.05, 3.63) is 132 Å². The van der Waals surface area contributed by atoms with Gasteiger partial charge in [-0.2, -0.15) is 0 Å². The molecular weight excluding hydrogens is 362 g/mol. The zero-order valence-corrected chi connectivity index (χ0v) is 17.2. The molecule has 148 valence electrons. The second kappa shape index (κ2) is 10.4. The van der Waals surface area contributed by atoms with Crippen LogP contribution in [0.1, 0.15) is 16.7 Å². The van der Waals surface area contributed by atoms with Crippen molar-refractivity contribution < 1.29 is 0 Å². The Morgan fingerprint density at radius 2 is 1.07 bits per heavy atom. The predicted molar refractivity (Wildman–Crippen MR) is 130 cm³/mol. The summed E-state index contributed by atoms with van der Waals surface area (Å²) in [6.45, 7) is 2.72. The highest BCUT2D eigenvalue weighted by molar-refractivity contribution is 5.85. The zero-order chi connectivity index (χ0) is 20.4. The Morgan fingerprint density at radius 1 is 0.533 bits per heavy atom. The van der Waals surface area contributed by atoms with Crippen molar-refractivity contribution >= 4 is 22.9 Å². The van der Waals surface area contributed by atoms with E-state index in [1.54, 1.807) is 0 Å². The van der Waals surface area contributed by atoms with E-state index in [0.717, 1.165) is 19.6 Å². The van der Waals surface area contributed by atoms with E-state index in [2.05, 4.69) is 132 Å². The third-order valence-corrected chi connectivity index (χ3v) is 5.22. The second-order valence-electron chi connectivity index (χ2n) is 7.46. The van der Waals surface area contributed by atoms with Crippen LogP contribution in [0.4, 0.5) is 0 Å². The van der Waals surface area contributed by atoms with Gasteiger partial charge in [0.15, 0.2) is 0 Å². The zero-order valence-electron chi connectivity index (χ0n) is 17.2. The third-order valence-electron chi connectivity index (χ3n) is 5.22. The molecule has 0 fully saturated rings. The van der Waals surface area contributed by atoms with Gasteiger partial charge in [0, 0.05) is 19.6 Å². The first kappa shape index (κ1) is 19.9. The second-order valence-corrected chi connectivity index (χ2v) is 7.46. The minimum absolute atomic E-state index is 0.900. The molecule has 30 heavy (non-hydrogen) atoms. The van der Waals surface area contributed by atoms with E-state index >= 15 is 0 Å². The average molecular weight is 390 g/mol. The smallest absolute Gasteiger partial charge is 0.0246 e. The SMILES string of the molecule is C(=C\c1ccccc1)/CN(C/C=C/c1ccccc1)Cc1cccc2ccccc12. The summed E-state index contributed by atoms with van der Waals surface area (Å²) in [6.07, 6.45) is 8.93. The van der Waals surface area contributed by atoms with Crippen LogP contribution < -0.4 is 0 Å². The molecule has 0 aromatic heterocycles. The van der Waals surface area contributed by atoms with E-state index < -0.39 is 0 Å². The fraction of sp³-hybridized carbons (Fsp3) is 0.103. The van der Waals surface area contributed by atoms with E-state index in [1.165, 1.54) is 27.5 Å². The standard InChI is InChI=1S/C29H27N/c1-3-12-25(13-4-1)16-10-22-30(23-11-17-26-14-5-2-6-15-26)24-28-20-9-19-27-18-7-8-21-29(27)28/h1-21H,22-24H2/b16-10+,17-11+. The van der Waals surface area contributed by atoms with Crippen LogP contribution in [0, 0.1) is 0 Å². The van der Waals surface area contributed by atoms with Crippen molar-refractivity contribution in [3.63, 3.8) is 0 Å². The van der Waals surface area contributed by atoms with Gasteiger partial charge < -0.3 is 0 Å². The highest BCUT2D eigenvalue weighted by atomic mass is 15.1. The van der Waals surface area contributed by atoms with Gasteiger partial charge in [-0.05, 0) is 27.5 Å². The summed E-state index contributed by atoms with van der Waals surface area (Å²) in [7, 11) is 0. The summed E-state index contributed by atoms with van der Waals surface area (Å²) in [6, 6.07) is 36.2. The molecule has 0 spiro atoms. The monoisotopic (exact) mass is 389 g/mol. The predicted octanol–water partition coefficient (Wildman–Crippen LogP) is 7.07. The van der Waals surface area contributed by atoms with E-state index in [4.69, 9.17) is 0 Å². The topological polar surface area (TPSA) is 3.24 Å². The minimum atomic E-state index is 0.900. The van der Waals surface area contributed by atoms with Crippen molar-refractivity contribution in [2.24, 2.45) is 0 Å². The lowest BCUT2D eigenvalue weighted by Crippen LogP contribution is -2.23. The van der Waals surface area contributed by atoms with Gasteiger partial charge >= 0.3 is 0 Å². The van der Waals surface area contributed by atoms with Crippen LogP contribution in [0.15, 0.2) is 115 Å². The van der Waals surface area contributed by atoms with Crippen molar-refractivity contribution in [2.75, 3.05) is 13.1 Å². The van der Waals surface area contributed by atoms with Crippen molar-refractivity contribution in [1.29, 1.82) is 0 Å². The molecule has 4 rings (SSSR count). The Hall–Kier alpha value is -3.42. The Kier molecular flexibility index (Phi) is 6.88. The molecule has 0 aliphatic rings. The molecule has 0 amide bonds. The molecule has 0 heterocycles. The van der Waals surface area contributed by atoms with Crippen molar-refractivity contribution in [1.82, 2.24) is 4.90 Å². The normalized spacial score (nSPS) is 11.8. The maximum Gasteiger partial charge on any atom is 0.0246 e. The van der Waals surface area contributed by atoms with Crippen LogP contribution in [0.2, 0.25) is 0 Å². The molecule has 0 bridgehead atoms. The molecule has 1 heteroatoms. The largest absolute Gasteiger partial charge is 0.292 e. The van der Waals surface area contributed by atoms with Crippen LogP contribution in [0.5, 0.6) is 0 Å². The lowest BCUT2D eigenvalue weighted by Gasteiger charge is -2.20. The number of fused-ring (bicyclic) bond motifs is 1. The summed E-state index contributed by atoms with van der Waals surface area (Å²) in [5.41, 5.74) is 3.85. The van der Waals surface area contributed by atoms with Gasteiger partial charge in [-0.3, -0.25) is 4.90 Å². The van der Waals surface area contributed by atoms with Gasteiger partial charge in [-0.15, -0.1) is 0 Å². The Labute approximate surface area is 179 Å². The summed E-state index contributed by atoms with van der Waals surface area (Å²) in [5, 5.41) is 2.64. The van der Waals surface area contributed by atoms with Crippen molar-refractivity contribution in [3.8, 4) is 0 Å². The fourth-order valence-electron chi connectivity index (χ4n) is 3.68. The summed E-state index contributed by atoms with van der Waals surface area (Å²) >= 11 is 0. The highest BCUT2D eigenvalue weighted by Gasteiger charge is 2.06. The molecule has 0 aliphatic carbocycles. The quantitative estimate of drug-likeness (QED) is 0.311. The maximum absolute atomic E-state index is 2.47. The summed E-state index contributed by atoms with van der Waals surface area (Å²) < 4.78 is 0. The Balaban J connectivity index is 1.51. The third kappa shape index (κ3) is 5.56. The van der Waals surface area contributed by atoms with E-state index in [1.807, 2.05) is 0 Å². The molecular formula is C29H27N. The maximum atomic E-state index is 2.47. The van der Waals surface area contributed by atoms with E-state index in [9.17, 15) is 0 Å². The molecule has 0 saturated heterocycles. The highest BCUT2D eigenvalue weighted by Crippen LogP contribution is 2.20. The molecule has 4 aromatic rings. The van der Waals surface area contributed by atoms with Crippen LogP contribution in [0.25, 0.3) is 22.9 Å². The van der Waals surface area contributed by atoms with E-state index in [-0.39, 0.29) is 0 Å². The van der Waals surface area contributed by atoms with Gasteiger partial charge in [0.05, 0.1) is 0 Å². The molecule has 0 radical (unpaired) electrons. The fourth-order valence-corrected chi connectivity index (χ4v) is 3.68. The summed E-state index contributed by atoms with van der Waals surface area (Å²) in [4.78, 5) is 2.47. The molecule has 0 unspecified atom stereocenters. The van der Waals surface area contributed by atoms with Crippen LogP contribution in [0.3, 0.4) is 0 Å². The average Bonchev–Trinajstić information content (AvgIpc) is 2.80. The van der Waals surface area contributed by atoms with Crippen LogP contribution >= 0.6 is 0 Å². The van der Waals surface area contributed by atoms with Gasteiger partial charge in [0.25, 0.3) is 0 Å². The first-order valence-electron chi connectivity index (χ1n) is 10.5. The van der Waals surface area contributed by atoms with Gasteiger partial charge in [-0.1, -0.05) is 127 Å². The first-order chi connectivity index (χ1) is 14.9. The van der Waals surface area contributed by atoms with Crippen molar-refractivity contribution in [2.45, 2.75) is 6.54 Å². The molecule has 0 N–H and O–H groups in total. The molecule has 0 atom stereocenters. The van der Waals surface area contributed by atoms with E-state index in [0.29, 0.717) is 0 Å². The number of rotatable bonds is 8. The lowest BCUT2D eigenvalue weighted by molar-refractivity contribution is 0.329. The first-order valence-corrected chi connectivity index (χ1v) is 10.5. The lowest BCUT2D eigenvalue weighted by atomic mass is 10.0. The minimum Gasteiger partial charge on any atom is -0.292 e. The number of benzene rings is 4.